The minimum atomic E-state index is -0.289. The molecule has 0 heterocycles. The first-order chi connectivity index (χ1) is 8.94. The largest absolute Gasteiger partial charge is 0.338 e. The second-order valence-electron chi connectivity index (χ2n) is 6.24. The number of ether oxygens (including phenoxy) is 1. The van der Waals surface area contributed by atoms with Crippen molar-refractivity contribution in [1.29, 1.82) is 0 Å². The van der Waals surface area contributed by atoms with Crippen LogP contribution >= 0.6 is 0 Å². The van der Waals surface area contributed by atoms with Gasteiger partial charge in [0.1, 0.15) is 0 Å². The van der Waals surface area contributed by atoms with Crippen molar-refractivity contribution in [3.63, 3.8) is 0 Å². The quantitative estimate of drug-likeness (QED) is 0.371. The van der Waals surface area contributed by atoms with E-state index in [0.29, 0.717) is 5.41 Å². The van der Waals surface area contributed by atoms with E-state index in [1.807, 2.05) is 0 Å². The maximum atomic E-state index is 5.84. The van der Waals surface area contributed by atoms with Crippen LogP contribution in [0.5, 0.6) is 0 Å². The smallest absolute Gasteiger partial charge is 0.192 e. The van der Waals surface area contributed by atoms with Crippen LogP contribution < -0.4 is 0 Å². The van der Waals surface area contributed by atoms with Crippen molar-refractivity contribution in [2.45, 2.75) is 65.8 Å². The van der Waals surface area contributed by atoms with E-state index in [9.17, 15) is 0 Å². The summed E-state index contributed by atoms with van der Waals surface area (Å²) in [6.07, 6.45) is 10.3. The van der Waals surface area contributed by atoms with Crippen molar-refractivity contribution in [2.75, 3.05) is 7.11 Å². The predicted molar refractivity (Wildman–Crippen MR) is 77.6 cm³/mol. The zero-order valence-corrected chi connectivity index (χ0v) is 12.9. The maximum Gasteiger partial charge on any atom is 0.192 e. The molecule has 2 unspecified atom stereocenters. The fourth-order valence-electron chi connectivity index (χ4n) is 1.97. The molecular formula is C16H28O3. The first-order valence-corrected chi connectivity index (χ1v) is 7.18. The number of hydrogen-bond acceptors (Lipinski definition) is 3. The van der Waals surface area contributed by atoms with Gasteiger partial charge in [-0.25, -0.2) is 9.78 Å². The summed E-state index contributed by atoms with van der Waals surface area (Å²) in [7, 11) is 1.51. The molecule has 110 valence electrons. The Balaban J connectivity index is 2.41. The Labute approximate surface area is 117 Å². The van der Waals surface area contributed by atoms with E-state index in [4.69, 9.17) is 14.5 Å². The molecule has 0 saturated carbocycles. The molecule has 0 aromatic carbocycles. The van der Waals surface area contributed by atoms with Crippen molar-refractivity contribution in [1.82, 2.24) is 0 Å². The van der Waals surface area contributed by atoms with Crippen LogP contribution in [0.2, 0.25) is 0 Å². The molecule has 0 saturated heterocycles. The lowest BCUT2D eigenvalue weighted by Crippen LogP contribution is -2.21. The lowest BCUT2D eigenvalue weighted by Gasteiger charge is -2.19. The van der Waals surface area contributed by atoms with Gasteiger partial charge >= 0.3 is 0 Å². The molecule has 1 aliphatic rings. The second-order valence-corrected chi connectivity index (χ2v) is 6.24. The predicted octanol–water partition coefficient (Wildman–Crippen LogP) is 4.40. The van der Waals surface area contributed by atoms with Crippen LogP contribution in [0.1, 0.15) is 53.4 Å². The first kappa shape index (κ1) is 16.4. The highest BCUT2D eigenvalue weighted by molar-refractivity contribution is 5.30. The molecule has 0 aromatic rings. The summed E-state index contributed by atoms with van der Waals surface area (Å²) in [5.74, 6) is 0. The molecule has 19 heavy (non-hydrogen) atoms. The molecule has 0 bridgehead atoms. The summed E-state index contributed by atoms with van der Waals surface area (Å²) in [4.78, 5) is 9.82. The molecule has 0 fully saturated rings. The van der Waals surface area contributed by atoms with Crippen molar-refractivity contribution in [3.8, 4) is 0 Å². The van der Waals surface area contributed by atoms with E-state index in [0.717, 1.165) is 19.3 Å². The Hall–Kier alpha value is -0.640. The molecule has 0 aliphatic heterocycles. The van der Waals surface area contributed by atoms with Gasteiger partial charge in [-0.3, -0.25) is 0 Å². The number of hydrogen-bond donors (Lipinski definition) is 0. The van der Waals surface area contributed by atoms with E-state index in [2.05, 4.69) is 45.9 Å². The second kappa shape index (κ2) is 7.83. The third-order valence-electron chi connectivity index (χ3n) is 3.08. The van der Waals surface area contributed by atoms with E-state index >= 15 is 0 Å². The van der Waals surface area contributed by atoms with Gasteiger partial charge in [0.25, 0.3) is 0 Å². The SMILES string of the molecule is CCCC(OOC)OC1C=CC(CCC(C)(C)C)=C1. The van der Waals surface area contributed by atoms with Gasteiger partial charge in [0.05, 0.1) is 13.2 Å². The lowest BCUT2D eigenvalue weighted by atomic mass is 9.89. The van der Waals surface area contributed by atoms with Crippen LogP contribution in [0.3, 0.4) is 0 Å². The van der Waals surface area contributed by atoms with Gasteiger partial charge < -0.3 is 4.74 Å². The lowest BCUT2D eigenvalue weighted by molar-refractivity contribution is -0.367. The van der Waals surface area contributed by atoms with Crippen molar-refractivity contribution in [2.24, 2.45) is 5.41 Å². The average molecular weight is 268 g/mol. The molecule has 0 spiro atoms. The Morgan fingerprint density at radius 3 is 2.63 bits per heavy atom. The van der Waals surface area contributed by atoms with Gasteiger partial charge in [0.15, 0.2) is 6.29 Å². The molecule has 0 N–H and O–H groups in total. The standard InChI is InChI=1S/C16H28O3/c1-6-7-15(19-17-5)18-14-9-8-13(12-14)10-11-16(2,3)4/h8-9,12,14-15H,6-7,10-11H2,1-5H3. The summed E-state index contributed by atoms with van der Waals surface area (Å²) in [6, 6.07) is 0. The maximum absolute atomic E-state index is 5.84. The van der Waals surface area contributed by atoms with Gasteiger partial charge in [-0.2, -0.15) is 0 Å². The van der Waals surface area contributed by atoms with E-state index in [1.54, 1.807) is 0 Å². The van der Waals surface area contributed by atoms with Crippen molar-refractivity contribution in [3.05, 3.63) is 23.8 Å². The third-order valence-corrected chi connectivity index (χ3v) is 3.08. The van der Waals surface area contributed by atoms with Crippen molar-refractivity contribution < 1.29 is 14.5 Å². The molecule has 0 amide bonds. The number of allylic oxidation sites excluding steroid dienone is 2. The minimum Gasteiger partial charge on any atom is -0.338 e. The van der Waals surface area contributed by atoms with Gasteiger partial charge in [0.2, 0.25) is 0 Å². The fourth-order valence-corrected chi connectivity index (χ4v) is 1.97. The average Bonchev–Trinajstić information content (AvgIpc) is 2.74. The molecule has 0 radical (unpaired) electrons. The summed E-state index contributed by atoms with van der Waals surface area (Å²) in [6.45, 7) is 8.90. The van der Waals surface area contributed by atoms with Crippen LogP contribution in [0, 0.1) is 5.41 Å². The summed E-state index contributed by atoms with van der Waals surface area (Å²) in [5, 5.41) is 0. The molecule has 0 aromatic heterocycles. The van der Waals surface area contributed by atoms with Crippen LogP contribution in [0.15, 0.2) is 23.8 Å². The Bertz CT molecular complexity index is 306. The monoisotopic (exact) mass is 268 g/mol. The molecule has 2 atom stereocenters. The molecule has 1 aliphatic carbocycles. The van der Waals surface area contributed by atoms with Gasteiger partial charge in [0, 0.05) is 6.42 Å². The zero-order valence-electron chi connectivity index (χ0n) is 12.9. The van der Waals surface area contributed by atoms with E-state index in [-0.39, 0.29) is 12.4 Å². The summed E-state index contributed by atoms with van der Waals surface area (Å²) in [5.41, 5.74) is 1.73. The Morgan fingerprint density at radius 1 is 1.32 bits per heavy atom. The molecule has 3 nitrogen and oxygen atoms in total. The van der Waals surface area contributed by atoms with E-state index < -0.39 is 0 Å². The molecule has 1 rings (SSSR count). The van der Waals surface area contributed by atoms with Gasteiger partial charge in [-0.15, -0.1) is 0 Å². The normalized spacial score (nSPS) is 20.7. The molecular weight excluding hydrogens is 240 g/mol. The third kappa shape index (κ3) is 6.90. The highest BCUT2D eigenvalue weighted by Gasteiger charge is 2.18. The first-order valence-electron chi connectivity index (χ1n) is 7.18. The molecule has 3 heteroatoms. The van der Waals surface area contributed by atoms with Crippen LogP contribution in [0.4, 0.5) is 0 Å². The van der Waals surface area contributed by atoms with Gasteiger partial charge in [-0.1, -0.05) is 46.3 Å². The van der Waals surface area contributed by atoms with Crippen LogP contribution in [0.25, 0.3) is 0 Å². The highest BCUT2D eigenvalue weighted by Crippen LogP contribution is 2.27. The zero-order chi connectivity index (χ0) is 14.3. The topological polar surface area (TPSA) is 27.7 Å². The fraction of sp³-hybridized carbons (Fsp3) is 0.750. The minimum absolute atomic E-state index is 0.0154. The van der Waals surface area contributed by atoms with Gasteiger partial charge in [-0.05, 0) is 29.9 Å². The summed E-state index contributed by atoms with van der Waals surface area (Å²) >= 11 is 0. The summed E-state index contributed by atoms with van der Waals surface area (Å²) < 4.78 is 5.84. The number of rotatable bonds is 8. The Morgan fingerprint density at radius 2 is 2.05 bits per heavy atom. The van der Waals surface area contributed by atoms with Crippen LogP contribution in [-0.2, 0) is 14.5 Å². The van der Waals surface area contributed by atoms with Crippen molar-refractivity contribution >= 4 is 0 Å². The van der Waals surface area contributed by atoms with Crippen LogP contribution in [-0.4, -0.2) is 19.5 Å². The van der Waals surface area contributed by atoms with E-state index in [1.165, 1.54) is 19.1 Å². The highest BCUT2D eigenvalue weighted by atomic mass is 17.2. The Kier molecular flexibility index (Phi) is 6.76.